The average Bonchev–Trinajstić information content (AvgIpc) is 2.44. The van der Waals surface area contributed by atoms with Crippen LogP contribution >= 0.6 is 0 Å². The number of hydrogen-bond acceptors (Lipinski definition) is 3. The Morgan fingerprint density at radius 1 is 1.71 bits per heavy atom. The molecule has 40 valence electrons. The van der Waals surface area contributed by atoms with E-state index in [-0.39, 0.29) is 5.41 Å². The van der Waals surface area contributed by atoms with Gasteiger partial charge in [0.15, 0.2) is 5.41 Å². The van der Waals surface area contributed by atoms with Crippen molar-refractivity contribution in [3.8, 4) is 0 Å². The number of carbonyl (C=O) groups is 1. The molecule has 0 aromatic heterocycles. The second kappa shape index (κ2) is 1.73. The lowest BCUT2D eigenvalue weighted by Crippen LogP contribution is -2.07. The fourth-order valence-electron chi connectivity index (χ4n) is 0.302. The Bertz CT molecular complexity index is 88.2. The van der Waals surface area contributed by atoms with E-state index in [1.807, 2.05) is 0 Å². The third-order valence-corrected chi connectivity index (χ3v) is 2.12. The molecule has 0 amide bonds. The molecule has 1 aliphatic heterocycles. The molecule has 1 fully saturated rings. The van der Waals surface area contributed by atoms with Crippen LogP contribution in [-0.2, 0) is 13.9 Å². The first-order valence-corrected chi connectivity index (χ1v) is 3.71. The van der Waals surface area contributed by atoms with Crippen LogP contribution in [0, 0.1) is 0 Å². The topological polar surface area (TPSA) is 42.1 Å². The van der Waals surface area contributed by atoms with Crippen LogP contribution in [0.25, 0.3) is 0 Å². The predicted octanol–water partition coefficient (Wildman–Crippen LogP) is -0.313. The summed E-state index contributed by atoms with van der Waals surface area (Å²) in [6, 6.07) is 0. The summed E-state index contributed by atoms with van der Waals surface area (Å²) in [5.41, 5.74) is 0. The normalized spacial score (nSPS) is 19.6. The second-order valence-corrected chi connectivity index (χ2v) is 3.04. The Morgan fingerprint density at radius 3 is 2.43 bits per heavy atom. The van der Waals surface area contributed by atoms with E-state index >= 15 is 0 Å². The average molecular weight is 118 g/mol. The molecule has 3 nitrogen and oxygen atoms in total. The van der Waals surface area contributed by atoms with Gasteiger partial charge in [-0.05, 0) is 0 Å². The van der Waals surface area contributed by atoms with Gasteiger partial charge in [0.05, 0.1) is 0 Å². The predicted molar refractivity (Wildman–Crippen MR) is 24.6 cm³/mol. The van der Waals surface area contributed by atoms with E-state index in [0.717, 1.165) is 0 Å². The van der Waals surface area contributed by atoms with Crippen LogP contribution in [-0.4, -0.2) is 14.7 Å². The van der Waals surface area contributed by atoms with Gasteiger partial charge in [-0.2, -0.15) is 0 Å². The molecular weight excluding hydrogens is 112 g/mol. The maximum atomic E-state index is 10.4. The summed E-state index contributed by atoms with van der Waals surface area (Å²) in [4.78, 5) is 10.4. The number of hydrogen-bond donors (Lipinski definition) is 0. The van der Waals surface area contributed by atoms with Crippen LogP contribution in [0.3, 0.4) is 0 Å². The van der Waals surface area contributed by atoms with Crippen LogP contribution in [0.15, 0.2) is 0 Å². The Hall–Kier alpha value is -0.193. The van der Waals surface area contributed by atoms with E-state index in [4.69, 9.17) is 0 Å². The zero-order valence-corrected chi connectivity index (χ0v) is 5.16. The lowest BCUT2D eigenvalue weighted by molar-refractivity contribution is -0.112. The van der Waals surface area contributed by atoms with Gasteiger partial charge in [-0.25, -0.2) is 0 Å². The van der Waals surface area contributed by atoms with Crippen LogP contribution in [0.4, 0.5) is 0 Å². The summed E-state index contributed by atoms with van der Waals surface area (Å²) in [6.07, 6.45) is 0.552. The summed E-state index contributed by atoms with van der Waals surface area (Å²) in [6.45, 7) is 1.81. The number of carbonyl (C=O) groups excluding carboxylic acids is 1. The van der Waals surface area contributed by atoms with Crippen molar-refractivity contribution in [1.82, 2.24) is 0 Å². The smallest absolute Gasteiger partial charge is 0.299 e. The van der Waals surface area contributed by atoms with Crippen LogP contribution in [0.1, 0.15) is 13.3 Å². The third-order valence-electron chi connectivity index (χ3n) is 0.804. The van der Waals surface area contributed by atoms with Gasteiger partial charge in [0.1, 0.15) is 0 Å². The molecule has 0 aromatic carbocycles. The second-order valence-electron chi connectivity index (χ2n) is 1.34. The van der Waals surface area contributed by atoms with Gasteiger partial charge in [-0.1, -0.05) is 6.92 Å². The molecule has 0 aliphatic carbocycles. The van der Waals surface area contributed by atoms with Crippen LogP contribution < -0.4 is 0 Å². The van der Waals surface area contributed by atoms with E-state index in [1.165, 1.54) is 0 Å². The molecule has 0 atom stereocenters. The highest BCUT2D eigenvalue weighted by atomic mass is 28.3. The molecule has 1 rings (SSSR count). The van der Waals surface area contributed by atoms with Crippen molar-refractivity contribution >= 4 is 14.7 Å². The zero-order chi connectivity index (χ0) is 5.28. The molecule has 0 radical (unpaired) electrons. The van der Waals surface area contributed by atoms with E-state index in [2.05, 4.69) is 9.15 Å². The van der Waals surface area contributed by atoms with Crippen molar-refractivity contribution in [1.29, 1.82) is 0 Å². The van der Waals surface area contributed by atoms with Crippen molar-refractivity contribution in [2.45, 2.75) is 13.3 Å². The Kier molecular flexibility index (Phi) is 1.22. The lowest BCUT2D eigenvalue weighted by Gasteiger charge is -1.75. The first-order chi connectivity index (χ1) is 3.34. The Balaban J connectivity index is 2.24. The molecule has 1 aliphatic rings. The highest BCUT2D eigenvalue weighted by molar-refractivity contribution is 6.84. The SMILES string of the molecule is CCC(=O)[SiH]1OO1. The van der Waals surface area contributed by atoms with Crippen LogP contribution in [0.2, 0.25) is 0 Å². The highest BCUT2D eigenvalue weighted by Gasteiger charge is 2.37. The molecule has 1 heterocycles. The van der Waals surface area contributed by atoms with Gasteiger partial charge >= 0.3 is 9.28 Å². The Morgan fingerprint density at radius 2 is 2.29 bits per heavy atom. The summed E-state index contributed by atoms with van der Waals surface area (Å²) in [5.74, 6) is 0. The fourth-order valence-corrected chi connectivity index (χ4v) is 1.07. The van der Waals surface area contributed by atoms with Gasteiger partial charge in [0, 0.05) is 6.42 Å². The standard InChI is InChI=1S/C3H6O3Si/c1-2-3(4)7-5-6-7/h7H,2H2,1H3. The molecule has 0 saturated carbocycles. The van der Waals surface area contributed by atoms with Crippen molar-refractivity contribution < 1.29 is 13.9 Å². The minimum Gasteiger partial charge on any atom is -0.299 e. The molecule has 0 aromatic rings. The first kappa shape index (κ1) is 4.95. The maximum Gasteiger partial charge on any atom is 0.457 e. The molecule has 7 heavy (non-hydrogen) atoms. The van der Waals surface area contributed by atoms with Gasteiger partial charge in [-0.15, -0.1) is 0 Å². The number of rotatable bonds is 2. The van der Waals surface area contributed by atoms with E-state index < -0.39 is 9.28 Å². The van der Waals surface area contributed by atoms with Crippen molar-refractivity contribution in [2.24, 2.45) is 0 Å². The fraction of sp³-hybridized carbons (Fsp3) is 0.667. The molecule has 1 saturated heterocycles. The van der Waals surface area contributed by atoms with Gasteiger partial charge < -0.3 is 0 Å². The minimum atomic E-state index is -1.65. The zero-order valence-electron chi connectivity index (χ0n) is 4.01. The summed E-state index contributed by atoms with van der Waals surface area (Å²) < 4.78 is 8.70. The molecule has 0 spiro atoms. The van der Waals surface area contributed by atoms with Crippen molar-refractivity contribution in [3.63, 3.8) is 0 Å². The molecule has 4 heteroatoms. The molecule has 0 bridgehead atoms. The van der Waals surface area contributed by atoms with Gasteiger partial charge in [0.25, 0.3) is 0 Å². The minimum absolute atomic E-state index is 0.153. The summed E-state index contributed by atoms with van der Waals surface area (Å²) >= 11 is 0. The first-order valence-electron chi connectivity index (χ1n) is 2.19. The third kappa shape index (κ3) is 1.09. The van der Waals surface area contributed by atoms with E-state index in [9.17, 15) is 4.79 Å². The van der Waals surface area contributed by atoms with E-state index in [0.29, 0.717) is 6.42 Å². The molecule has 0 unspecified atom stereocenters. The van der Waals surface area contributed by atoms with Crippen molar-refractivity contribution in [2.75, 3.05) is 0 Å². The van der Waals surface area contributed by atoms with Crippen molar-refractivity contribution in [3.05, 3.63) is 0 Å². The molecular formula is C3H6O3Si. The lowest BCUT2D eigenvalue weighted by atomic mass is 10.6. The molecule has 0 N–H and O–H groups in total. The van der Waals surface area contributed by atoms with Crippen LogP contribution in [0.5, 0.6) is 0 Å². The summed E-state index contributed by atoms with van der Waals surface area (Å²) in [5, 5.41) is 0.153. The maximum absolute atomic E-state index is 10.4. The monoisotopic (exact) mass is 118 g/mol. The summed E-state index contributed by atoms with van der Waals surface area (Å²) in [7, 11) is -1.65. The van der Waals surface area contributed by atoms with Gasteiger partial charge in [-0.3, -0.25) is 13.9 Å². The van der Waals surface area contributed by atoms with Gasteiger partial charge in [0.2, 0.25) is 0 Å². The largest absolute Gasteiger partial charge is 0.457 e. The highest BCUT2D eigenvalue weighted by Crippen LogP contribution is 2.08. The quantitative estimate of drug-likeness (QED) is 0.284. The Labute approximate surface area is 43.0 Å². The van der Waals surface area contributed by atoms with E-state index in [1.54, 1.807) is 6.92 Å².